The molecule has 2 aromatic rings. The van der Waals surface area contributed by atoms with Crippen molar-refractivity contribution in [3.05, 3.63) is 57.0 Å². The molecule has 7 heteroatoms. The number of nitrogens with one attached hydrogen (secondary N) is 1. The average Bonchev–Trinajstić information content (AvgIpc) is 2.58. The molecule has 0 aliphatic heterocycles. The Morgan fingerprint density at radius 3 is 2.62 bits per heavy atom. The van der Waals surface area contributed by atoms with Gasteiger partial charge in [0, 0.05) is 16.6 Å². The van der Waals surface area contributed by atoms with Crippen molar-refractivity contribution >= 4 is 33.4 Å². The number of ether oxygens (including phenoxy) is 2. The zero-order valence-corrected chi connectivity index (χ0v) is 15.5. The van der Waals surface area contributed by atoms with E-state index < -0.39 is 6.10 Å². The molecule has 0 heterocycles. The number of amides is 1. The van der Waals surface area contributed by atoms with Crippen LogP contribution >= 0.6 is 27.5 Å². The molecule has 0 fully saturated rings. The molecule has 0 radical (unpaired) electrons. The van der Waals surface area contributed by atoms with Gasteiger partial charge >= 0.3 is 0 Å². The summed E-state index contributed by atoms with van der Waals surface area (Å²) in [5.41, 5.74) is 0.865. The summed E-state index contributed by atoms with van der Waals surface area (Å²) >= 11 is 9.34. The van der Waals surface area contributed by atoms with E-state index in [1.54, 1.807) is 36.4 Å². The van der Waals surface area contributed by atoms with Crippen LogP contribution < -0.4 is 14.8 Å². The standard InChI is InChI=1S/C17H17BrClNO4/c1-23-11-4-6-16(24-2)13(8-11)15(21)9-20-17(22)12-5-3-10(18)7-14(12)19/h3-8,15,21H,9H2,1-2H3,(H,20,22). The lowest BCUT2D eigenvalue weighted by Gasteiger charge is -2.17. The first-order valence-corrected chi connectivity index (χ1v) is 8.26. The van der Waals surface area contributed by atoms with Crippen LogP contribution in [0.15, 0.2) is 40.9 Å². The molecule has 0 aliphatic rings. The largest absolute Gasteiger partial charge is 0.497 e. The number of methoxy groups -OCH3 is 2. The Balaban J connectivity index is 2.10. The molecular weight excluding hydrogens is 398 g/mol. The van der Waals surface area contributed by atoms with Crippen molar-refractivity contribution in [3.8, 4) is 11.5 Å². The Morgan fingerprint density at radius 2 is 2.00 bits per heavy atom. The van der Waals surface area contributed by atoms with Crippen LogP contribution in [0, 0.1) is 0 Å². The molecule has 5 nitrogen and oxygen atoms in total. The molecule has 0 aromatic heterocycles. The molecule has 1 amide bonds. The first kappa shape index (κ1) is 18.6. The van der Waals surface area contributed by atoms with Crippen LogP contribution in [0.5, 0.6) is 11.5 Å². The van der Waals surface area contributed by atoms with Gasteiger partial charge in [0.05, 0.1) is 24.8 Å². The van der Waals surface area contributed by atoms with Gasteiger partial charge in [-0.15, -0.1) is 0 Å². The molecule has 0 saturated heterocycles. The van der Waals surface area contributed by atoms with Crippen LogP contribution in [0.2, 0.25) is 5.02 Å². The first-order valence-electron chi connectivity index (χ1n) is 7.09. The fraction of sp³-hybridized carbons (Fsp3) is 0.235. The maximum absolute atomic E-state index is 12.2. The first-order chi connectivity index (χ1) is 11.5. The Kier molecular flexibility index (Phi) is 6.48. The highest BCUT2D eigenvalue weighted by Gasteiger charge is 2.17. The lowest BCUT2D eigenvalue weighted by molar-refractivity contribution is 0.0914. The van der Waals surface area contributed by atoms with E-state index >= 15 is 0 Å². The highest BCUT2D eigenvalue weighted by atomic mass is 79.9. The fourth-order valence-corrected chi connectivity index (χ4v) is 2.93. The van der Waals surface area contributed by atoms with Gasteiger partial charge in [0.1, 0.15) is 17.6 Å². The molecule has 0 saturated carbocycles. The van der Waals surface area contributed by atoms with Gasteiger partial charge in [0.15, 0.2) is 0 Å². The molecule has 24 heavy (non-hydrogen) atoms. The highest BCUT2D eigenvalue weighted by molar-refractivity contribution is 9.10. The van der Waals surface area contributed by atoms with Gasteiger partial charge in [0.25, 0.3) is 5.91 Å². The van der Waals surface area contributed by atoms with E-state index in [0.29, 0.717) is 27.6 Å². The van der Waals surface area contributed by atoms with Gasteiger partial charge in [-0.25, -0.2) is 0 Å². The summed E-state index contributed by atoms with van der Waals surface area (Å²) in [5, 5.41) is 13.4. The number of carbonyl (C=O) groups excluding carboxylic acids is 1. The molecule has 2 rings (SSSR count). The Bertz CT molecular complexity index is 739. The van der Waals surface area contributed by atoms with E-state index in [1.807, 2.05) is 0 Å². The molecule has 0 spiro atoms. The van der Waals surface area contributed by atoms with Crippen LogP contribution in [0.3, 0.4) is 0 Å². The Morgan fingerprint density at radius 1 is 1.25 bits per heavy atom. The van der Waals surface area contributed by atoms with Crippen LogP contribution in [0.4, 0.5) is 0 Å². The normalized spacial score (nSPS) is 11.7. The smallest absolute Gasteiger partial charge is 0.252 e. The van der Waals surface area contributed by atoms with E-state index in [9.17, 15) is 9.90 Å². The number of hydrogen-bond donors (Lipinski definition) is 2. The summed E-state index contributed by atoms with van der Waals surface area (Å²) in [6.07, 6.45) is -0.951. The molecule has 0 aliphatic carbocycles. The molecular formula is C17H17BrClNO4. The van der Waals surface area contributed by atoms with Crippen LogP contribution in [0.25, 0.3) is 0 Å². The third kappa shape index (κ3) is 4.41. The molecule has 0 bridgehead atoms. The summed E-state index contributed by atoms with van der Waals surface area (Å²) in [7, 11) is 3.05. The van der Waals surface area contributed by atoms with E-state index in [2.05, 4.69) is 21.2 Å². The predicted octanol–water partition coefficient (Wildman–Crippen LogP) is 3.58. The molecule has 128 valence electrons. The van der Waals surface area contributed by atoms with Gasteiger partial charge in [-0.3, -0.25) is 4.79 Å². The van der Waals surface area contributed by atoms with Crippen molar-refractivity contribution in [1.29, 1.82) is 0 Å². The zero-order valence-electron chi connectivity index (χ0n) is 13.2. The topological polar surface area (TPSA) is 67.8 Å². The number of hydrogen-bond acceptors (Lipinski definition) is 4. The van der Waals surface area contributed by atoms with Gasteiger partial charge in [0.2, 0.25) is 0 Å². The number of halogens is 2. The third-order valence-corrected chi connectivity index (χ3v) is 4.23. The minimum Gasteiger partial charge on any atom is -0.497 e. The van der Waals surface area contributed by atoms with Gasteiger partial charge in [-0.05, 0) is 36.4 Å². The van der Waals surface area contributed by atoms with E-state index in [4.69, 9.17) is 21.1 Å². The molecule has 2 N–H and O–H groups in total. The Hall–Kier alpha value is -1.76. The molecule has 1 atom stereocenters. The van der Waals surface area contributed by atoms with E-state index in [-0.39, 0.29) is 12.5 Å². The minimum atomic E-state index is -0.951. The summed E-state index contributed by atoms with van der Waals surface area (Å²) in [6, 6.07) is 10.1. The zero-order chi connectivity index (χ0) is 17.7. The minimum absolute atomic E-state index is 0.00868. The van der Waals surface area contributed by atoms with Gasteiger partial charge in [-0.1, -0.05) is 27.5 Å². The number of benzene rings is 2. The van der Waals surface area contributed by atoms with E-state index in [1.165, 1.54) is 14.2 Å². The van der Waals surface area contributed by atoms with E-state index in [0.717, 1.165) is 4.47 Å². The quantitative estimate of drug-likeness (QED) is 0.758. The average molecular weight is 415 g/mol. The van der Waals surface area contributed by atoms with Gasteiger partial charge < -0.3 is 19.9 Å². The van der Waals surface area contributed by atoms with Crippen molar-refractivity contribution in [1.82, 2.24) is 5.32 Å². The maximum atomic E-state index is 12.2. The van der Waals surface area contributed by atoms with Crippen LogP contribution in [0.1, 0.15) is 22.0 Å². The molecule has 2 aromatic carbocycles. The number of aliphatic hydroxyl groups is 1. The number of carbonyl (C=O) groups is 1. The highest BCUT2D eigenvalue weighted by Crippen LogP contribution is 2.29. The lowest BCUT2D eigenvalue weighted by atomic mass is 10.1. The monoisotopic (exact) mass is 413 g/mol. The van der Waals surface area contributed by atoms with Crippen LogP contribution in [-0.4, -0.2) is 31.8 Å². The van der Waals surface area contributed by atoms with Crippen molar-refractivity contribution in [3.63, 3.8) is 0 Å². The molecule has 1 unspecified atom stereocenters. The fourth-order valence-electron chi connectivity index (χ4n) is 2.17. The van der Waals surface area contributed by atoms with Gasteiger partial charge in [-0.2, -0.15) is 0 Å². The summed E-state index contributed by atoms with van der Waals surface area (Å²) in [6.45, 7) is 0.00868. The number of rotatable bonds is 6. The predicted molar refractivity (Wildman–Crippen MR) is 96.0 cm³/mol. The summed E-state index contributed by atoms with van der Waals surface area (Å²) < 4.78 is 11.2. The van der Waals surface area contributed by atoms with Crippen molar-refractivity contribution < 1.29 is 19.4 Å². The SMILES string of the molecule is COc1ccc(OC)c(C(O)CNC(=O)c2ccc(Br)cc2Cl)c1. The summed E-state index contributed by atoms with van der Waals surface area (Å²) in [5.74, 6) is 0.736. The second-order valence-corrected chi connectivity index (χ2v) is 6.28. The maximum Gasteiger partial charge on any atom is 0.252 e. The third-order valence-electron chi connectivity index (χ3n) is 3.43. The second-order valence-electron chi connectivity index (χ2n) is 4.96. The van der Waals surface area contributed by atoms with Crippen LogP contribution in [-0.2, 0) is 0 Å². The second kappa shape index (κ2) is 8.37. The summed E-state index contributed by atoms with van der Waals surface area (Å²) in [4.78, 5) is 12.2. The number of aliphatic hydroxyl groups excluding tert-OH is 1. The Labute approximate surface area is 153 Å². The van der Waals surface area contributed by atoms with Crippen molar-refractivity contribution in [2.24, 2.45) is 0 Å². The van der Waals surface area contributed by atoms with Crippen molar-refractivity contribution in [2.75, 3.05) is 20.8 Å². The van der Waals surface area contributed by atoms with Crippen molar-refractivity contribution in [2.45, 2.75) is 6.10 Å². The lowest BCUT2D eigenvalue weighted by Crippen LogP contribution is -2.28.